The van der Waals surface area contributed by atoms with Gasteiger partial charge in [0.15, 0.2) is 0 Å². The first kappa shape index (κ1) is 14.5. The highest BCUT2D eigenvalue weighted by Crippen LogP contribution is 2.26. The van der Waals surface area contributed by atoms with Crippen LogP contribution in [-0.2, 0) is 12.8 Å². The van der Waals surface area contributed by atoms with Gasteiger partial charge < -0.3 is 0 Å². The molecule has 0 aliphatic carbocycles. The van der Waals surface area contributed by atoms with E-state index in [1.54, 1.807) is 0 Å². The van der Waals surface area contributed by atoms with Crippen LogP contribution in [-0.4, -0.2) is 6.26 Å². The Morgan fingerprint density at radius 3 is 2.32 bits per heavy atom. The molecule has 0 unspecified atom stereocenters. The Bertz CT molecular complexity index is 558. The lowest BCUT2D eigenvalue weighted by atomic mass is 9.96. The average molecular weight is 291 g/mol. The summed E-state index contributed by atoms with van der Waals surface area (Å²) in [6, 6.07) is 12.8. The summed E-state index contributed by atoms with van der Waals surface area (Å²) in [6.45, 7) is 4.41. The average Bonchev–Trinajstić information content (AvgIpc) is 2.42. The number of rotatable bonds is 4. The lowest BCUT2D eigenvalue weighted by molar-refractivity contribution is 1.03. The first-order chi connectivity index (χ1) is 9.13. The molecule has 2 aromatic rings. The second kappa shape index (κ2) is 6.49. The molecule has 2 rings (SSSR count). The zero-order chi connectivity index (χ0) is 13.8. The lowest BCUT2D eigenvalue weighted by Crippen LogP contribution is -1.97. The van der Waals surface area contributed by atoms with Gasteiger partial charge in [0.2, 0.25) is 0 Å². The minimum Gasteiger partial charge on any atom is -0.129 e. The molecule has 0 radical (unpaired) electrons. The molecule has 100 valence electrons. The highest BCUT2D eigenvalue weighted by Gasteiger charge is 2.07. The second-order valence-corrected chi connectivity index (χ2v) is 6.03. The Morgan fingerprint density at radius 1 is 1.05 bits per heavy atom. The van der Waals surface area contributed by atoms with Crippen molar-refractivity contribution >= 4 is 23.4 Å². The van der Waals surface area contributed by atoms with Crippen LogP contribution < -0.4 is 0 Å². The van der Waals surface area contributed by atoms with Gasteiger partial charge in [0.1, 0.15) is 0 Å². The van der Waals surface area contributed by atoms with Gasteiger partial charge in [0, 0.05) is 9.92 Å². The lowest BCUT2D eigenvalue weighted by Gasteiger charge is -2.13. The molecule has 0 aromatic heterocycles. The first-order valence-electron chi connectivity index (χ1n) is 6.55. The van der Waals surface area contributed by atoms with Crippen LogP contribution in [0.1, 0.15) is 29.2 Å². The van der Waals surface area contributed by atoms with Gasteiger partial charge in [-0.25, -0.2) is 0 Å². The molecule has 0 nitrogen and oxygen atoms in total. The molecule has 2 heteroatoms. The van der Waals surface area contributed by atoms with Crippen LogP contribution in [0.2, 0.25) is 5.02 Å². The Morgan fingerprint density at radius 2 is 1.74 bits per heavy atom. The fourth-order valence-electron chi connectivity index (χ4n) is 2.33. The van der Waals surface area contributed by atoms with Crippen molar-refractivity contribution in [3.63, 3.8) is 0 Å². The molecule has 0 amide bonds. The van der Waals surface area contributed by atoms with Gasteiger partial charge in [-0.05, 0) is 66.5 Å². The largest absolute Gasteiger partial charge is 0.129 e. The summed E-state index contributed by atoms with van der Waals surface area (Å²) in [7, 11) is 0. The zero-order valence-electron chi connectivity index (χ0n) is 11.7. The van der Waals surface area contributed by atoms with Crippen molar-refractivity contribution in [2.75, 3.05) is 6.26 Å². The molecular weight excluding hydrogens is 272 g/mol. The summed E-state index contributed by atoms with van der Waals surface area (Å²) in [4.78, 5) is 1.38. The van der Waals surface area contributed by atoms with E-state index in [1.165, 1.54) is 27.1 Å². The molecule has 0 spiro atoms. The van der Waals surface area contributed by atoms with Crippen molar-refractivity contribution < 1.29 is 0 Å². The number of thioether (sulfide) groups is 1. The van der Waals surface area contributed by atoms with Crippen molar-refractivity contribution in [3.05, 3.63) is 63.7 Å². The van der Waals surface area contributed by atoms with Crippen molar-refractivity contribution in [1.82, 2.24) is 0 Å². The van der Waals surface area contributed by atoms with Crippen LogP contribution in [0.15, 0.2) is 41.3 Å². The van der Waals surface area contributed by atoms with Gasteiger partial charge >= 0.3 is 0 Å². The van der Waals surface area contributed by atoms with E-state index in [4.69, 9.17) is 11.6 Å². The quantitative estimate of drug-likeness (QED) is 0.668. The fourth-order valence-corrected chi connectivity index (χ4v) is 3.09. The maximum Gasteiger partial charge on any atom is 0.0406 e. The Hall–Kier alpha value is -0.920. The maximum atomic E-state index is 5.94. The van der Waals surface area contributed by atoms with E-state index in [0.717, 1.165) is 17.9 Å². The summed E-state index contributed by atoms with van der Waals surface area (Å²) in [6.07, 6.45) is 4.20. The number of hydrogen-bond acceptors (Lipinski definition) is 1. The zero-order valence-corrected chi connectivity index (χ0v) is 13.2. The topological polar surface area (TPSA) is 0 Å². The van der Waals surface area contributed by atoms with E-state index in [1.807, 2.05) is 23.9 Å². The van der Waals surface area contributed by atoms with E-state index < -0.39 is 0 Å². The van der Waals surface area contributed by atoms with Crippen LogP contribution >= 0.6 is 23.4 Å². The third-order valence-corrected chi connectivity index (χ3v) is 4.54. The third-order valence-electron chi connectivity index (χ3n) is 3.41. The van der Waals surface area contributed by atoms with E-state index in [-0.39, 0.29) is 0 Å². The van der Waals surface area contributed by atoms with Gasteiger partial charge in [-0.3, -0.25) is 0 Å². The Kier molecular flexibility index (Phi) is 4.95. The molecule has 0 aliphatic heterocycles. The highest BCUT2D eigenvalue weighted by molar-refractivity contribution is 7.98. The van der Waals surface area contributed by atoms with Crippen LogP contribution in [0.25, 0.3) is 0 Å². The molecule has 0 saturated heterocycles. The standard InChI is InChI=1S/C17H19ClS/c1-4-14-9-12(2)17(19-3)11-15(14)10-13-5-7-16(18)8-6-13/h5-9,11H,4,10H2,1-3H3. The number of benzene rings is 2. The summed E-state index contributed by atoms with van der Waals surface area (Å²) < 4.78 is 0. The van der Waals surface area contributed by atoms with Crippen molar-refractivity contribution in [3.8, 4) is 0 Å². The Balaban J connectivity index is 2.35. The highest BCUT2D eigenvalue weighted by atomic mass is 35.5. The van der Waals surface area contributed by atoms with Crippen LogP contribution in [0.4, 0.5) is 0 Å². The summed E-state index contributed by atoms with van der Waals surface area (Å²) >= 11 is 7.76. The van der Waals surface area contributed by atoms with Crippen molar-refractivity contribution in [2.24, 2.45) is 0 Å². The van der Waals surface area contributed by atoms with Gasteiger partial charge in [-0.2, -0.15) is 0 Å². The van der Waals surface area contributed by atoms with Crippen molar-refractivity contribution in [2.45, 2.75) is 31.6 Å². The number of halogens is 1. The normalized spacial score (nSPS) is 10.7. The molecule has 0 aliphatic rings. The molecule has 2 aromatic carbocycles. The van der Waals surface area contributed by atoms with Gasteiger partial charge in [-0.15, -0.1) is 11.8 Å². The predicted molar refractivity (Wildman–Crippen MR) is 86.6 cm³/mol. The minimum absolute atomic E-state index is 0.799. The third kappa shape index (κ3) is 3.55. The molecule has 0 saturated carbocycles. The van der Waals surface area contributed by atoms with Crippen molar-refractivity contribution in [1.29, 1.82) is 0 Å². The van der Waals surface area contributed by atoms with E-state index >= 15 is 0 Å². The smallest absolute Gasteiger partial charge is 0.0406 e. The van der Waals surface area contributed by atoms with Crippen LogP contribution in [0.3, 0.4) is 0 Å². The molecule has 0 heterocycles. The minimum atomic E-state index is 0.799. The van der Waals surface area contributed by atoms with E-state index in [0.29, 0.717) is 0 Å². The van der Waals surface area contributed by atoms with Gasteiger partial charge in [0.25, 0.3) is 0 Å². The SMILES string of the molecule is CCc1cc(C)c(SC)cc1Cc1ccc(Cl)cc1. The summed E-state index contributed by atoms with van der Waals surface area (Å²) in [5, 5.41) is 0.799. The Labute approximate surface area is 125 Å². The molecule has 0 N–H and O–H groups in total. The van der Waals surface area contributed by atoms with Crippen LogP contribution in [0, 0.1) is 6.92 Å². The van der Waals surface area contributed by atoms with E-state index in [9.17, 15) is 0 Å². The van der Waals surface area contributed by atoms with Gasteiger partial charge in [-0.1, -0.05) is 36.7 Å². The summed E-state index contributed by atoms with van der Waals surface area (Å²) in [5.41, 5.74) is 5.57. The predicted octanol–water partition coefficient (Wildman–Crippen LogP) is 5.52. The van der Waals surface area contributed by atoms with E-state index in [2.05, 4.69) is 44.4 Å². The van der Waals surface area contributed by atoms with Gasteiger partial charge in [0.05, 0.1) is 0 Å². The monoisotopic (exact) mass is 290 g/mol. The molecule has 0 atom stereocenters. The summed E-state index contributed by atoms with van der Waals surface area (Å²) in [5.74, 6) is 0. The maximum absolute atomic E-state index is 5.94. The fraction of sp³-hybridized carbons (Fsp3) is 0.294. The molecule has 0 bridgehead atoms. The van der Waals surface area contributed by atoms with Crippen LogP contribution in [0.5, 0.6) is 0 Å². The number of hydrogen-bond donors (Lipinski definition) is 0. The first-order valence-corrected chi connectivity index (χ1v) is 8.15. The second-order valence-electron chi connectivity index (χ2n) is 4.75. The number of aryl methyl sites for hydroxylation is 2. The molecule has 19 heavy (non-hydrogen) atoms. The molecular formula is C17H19ClS. The molecule has 0 fully saturated rings.